The molecule has 0 bridgehead atoms. The average molecular weight is 387 g/mol. The van der Waals surface area contributed by atoms with E-state index in [0.717, 1.165) is 35.8 Å². The molecule has 28 heavy (non-hydrogen) atoms. The Kier molecular flexibility index (Phi) is 5.72. The van der Waals surface area contributed by atoms with Gasteiger partial charge in [-0.1, -0.05) is 13.3 Å². The van der Waals surface area contributed by atoms with Crippen LogP contribution in [0.3, 0.4) is 0 Å². The van der Waals surface area contributed by atoms with Crippen LogP contribution < -0.4 is 15.7 Å². The molecule has 0 unspecified atom stereocenters. The largest absolute Gasteiger partial charge is 0.480 e. The summed E-state index contributed by atoms with van der Waals surface area (Å²) in [5.41, 5.74) is 2.60. The zero-order valence-corrected chi connectivity index (χ0v) is 16.3. The molecule has 1 amide bonds. The molecule has 1 aliphatic rings. The van der Waals surface area contributed by atoms with E-state index in [1.807, 2.05) is 13.0 Å². The van der Waals surface area contributed by atoms with Gasteiger partial charge in [-0.2, -0.15) is 0 Å². The number of carboxylic acids is 1. The molecular formula is C21H25NO6. The third-order valence-corrected chi connectivity index (χ3v) is 5.21. The van der Waals surface area contributed by atoms with Gasteiger partial charge in [-0.05, 0) is 57.2 Å². The second-order valence-electron chi connectivity index (χ2n) is 7.21. The summed E-state index contributed by atoms with van der Waals surface area (Å²) in [6.45, 7) is 5.19. The maximum absolute atomic E-state index is 12.3. The van der Waals surface area contributed by atoms with Crippen molar-refractivity contribution in [2.24, 2.45) is 0 Å². The van der Waals surface area contributed by atoms with E-state index in [1.165, 1.54) is 0 Å². The number of carbonyl (C=O) groups excluding carboxylic acids is 1. The summed E-state index contributed by atoms with van der Waals surface area (Å²) in [4.78, 5) is 35.8. The number of carboxylic acid groups (broad SMARTS) is 1. The zero-order chi connectivity index (χ0) is 20.4. The number of rotatable bonds is 7. The molecule has 3 rings (SSSR count). The Labute approximate surface area is 162 Å². The molecule has 1 heterocycles. The number of aryl methyl sites for hydroxylation is 2. The predicted molar refractivity (Wildman–Crippen MR) is 104 cm³/mol. The molecule has 0 aliphatic heterocycles. The highest BCUT2D eigenvalue weighted by atomic mass is 16.5. The fourth-order valence-corrected chi connectivity index (χ4v) is 3.67. The van der Waals surface area contributed by atoms with E-state index in [2.05, 4.69) is 5.32 Å². The van der Waals surface area contributed by atoms with Crippen LogP contribution >= 0.6 is 0 Å². The molecule has 0 fully saturated rings. The van der Waals surface area contributed by atoms with Gasteiger partial charge in [0.25, 0.3) is 5.91 Å². The van der Waals surface area contributed by atoms with E-state index in [4.69, 9.17) is 9.15 Å². The first-order chi connectivity index (χ1) is 13.3. The van der Waals surface area contributed by atoms with Crippen LogP contribution in [0.5, 0.6) is 5.75 Å². The lowest BCUT2D eigenvalue weighted by atomic mass is 10.0. The SMILES string of the molecule is CCC[C@@H](NC(=O)[C@@H](C)Oc1ccc2c3c(c(=O)oc2c1C)CCC3)C(=O)O. The van der Waals surface area contributed by atoms with Crippen molar-refractivity contribution in [3.63, 3.8) is 0 Å². The van der Waals surface area contributed by atoms with Crippen LogP contribution in [0.4, 0.5) is 0 Å². The summed E-state index contributed by atoms with van der Waals surface area (Å²) < 4.78 is 11.3. The number of ether oxygens (including phenoxy) is 1. The number of carbonyl (C=O) groups is 2. The van der Waals surface area contributed by atoms with Crippen molar-refractivity contribution in [1.29, 1.82) is 0 Å². The Morgan fingerprint density at radius 3 is 2.68 bits per heavy atom. The Bertz CT molecular complexity index is 977. The van der Waals surface area contributed by atoms with Gasteiger partial charge in [0.1, 0.15) is 17.4 Å². The Balaban J connectivity index is 1.83. The first kappa shape index (κ1) is 19.9. The predicted octanol–water partition coefficient (Wildman–Crippen LogP) is 2.73. The van der Waals surface area contributed by atoms with Crippen LogP contribution in [-0.4, -0.2) is 29.1 Å². The van der Waals surface area contributed by atoms with Gasteiger partial charge < -0.3 is 19.6 Å². The second-order valence-corrected chi connectivity index (χ2v) is 7.21. The normalized spacial score (nSPS) is 15.1. The summed E-state index contributed by atoms with van der Waals surface area (Å²) in [5.74, 6) is -1.14. The van der Waals surface area contributed by atoms with E-state index in [0.29, 0.717) is 29.7 Å². The quantitative estimate of drug-likeness (QED) is 0.708. The summed E-state index contributed by atoms with van der Waals surface area (Å²) in [5, 5.41) is 12.6. The lowest BCUT2D eigenvalue weighted by Crippen LogP contribution is -2.46. The molecule has 0 spiro atoms. The van der Waals surface area contributed by atoms with Gasteiger partial charge in [0.15, 0.2) is 6.10 Å². The van der Waals surface area contributed by atoms with Crippen molar-refractivity contribution in [3.8, 4) is 5.75 Å². The molecule has 150 valence electrons. The molecule has 0 radical (unpaired) electrons. The maximum atomic E-state index is 12.3. The lowest BCUT2D eigenvalue weighted by Gasteiger charge is -2.20. The first-order valence-electron chi connectivity index (χ1n) is 9.61. The third-order valence-electron chi connectivity index (χ3n) is 5.21. The van der Waals surface area contributed by atoms with Gasteiger partial charge in [-0.15, -0.1) is 0 Å². The fourth-order valence-electron chi connectivity index (χ4n) is 3.67. The monoisotopic (exact) mass is 387 g/mol. The summed E-state index contributed by atoms with van der Waals surface area (Å²) in [7, 11) is 0. The van der Waals surface area contributed by atoms with Crippen LogP contribution in [0.15, 0.2) is 21.3 Å². The number of fused-ring (bicyclic) bond motifs is 3. The van der Waals surface area contributed by atoms with Gasteiger partial charge in [0.2, 0.25) is 0 Å². The van der Waals surface area contributed by atoms with Crippen molar-refractivity contribution in [2.75, 3.05) is 0 Å². The highest BCUT2D eigenvalue weighted by Gasteiger charge is 2.25. The molecular weight excluding hydrogens is 362 g/mol. The molecule has 2 atom stereocenters. The fraction of sp³-hybridized carbons (Fsp3) is 0.476. The standard InChI is InChI=1S/C21H25NO6/c1-4-6-16(20(24)25)22-19(23)12(3)27-17-10-9-14-13-7-5-8-15(13)21(26)28-18(14)11(17)2/h9-10,12,16H,4-8H2,1-3H3,(H,22,23)(H,24,25)/t12-,16-/m1/s1. The van der Waals surface area contributed by atoms with Crippen molar-refractivity contribution in [1.82, 2.24) is 5.32 Å². The van der Waals surface area contributed by atoms with Gasteiger partial charge in [-0.25, -0.2) is 9.59 Å². The van der Waals surface area contributed by atoms with Crippen molar-refractivity contribution in [2.45, 2.75) is 65.0 Å². The van der Waals surface area contributed by atoms with E-state index in [9.17, 15) is 19.5 Å². The molecule has 0 saturated carbocycles. The molecule has 2 aromatic rings. The second kappa shape index (κ2) is 8.04. The maximum Gasteiger partial charge on any atom is 0.339 e. The highest BCUT2D eigenvalue weighted by Crippen LogP contribution is 2.33. The van der Waals surface area contributed by atoms with E-state index >= 15 is 0 Å². The first-order valence-corrected chi connectivity index (χ1v) is 9.61. The molecule has 7 heteroatoms. The zero-order valence-electron chi connectivity index (χ0n) is 16.3. The number of hydrogen-bond donors (Lipinski definition) is 2. The lowest BCUT2D eigenvalue weighted by molar-refractivity contribution is -0.143. The number of hydrogen-bond acceptors (Lipinski definition) is 5. The summed E-state index contributed by atoms with van der Waals surface area (Å²) in [6, 6.07) is 2.68. The van der Waals surface area contributed by atoms with Gasteiger partial charge >= 0.3 is 11.6 Å². The smallest absolute Gasteiger partial charge is 0.339 e. The summed E-state index contributed by atoms with van der Waals surface area (Å²) in [6.07, 6.45) is 2.62. The minimum absolute atomic E-state index is 0.310. The van der Waals surface area contributed by atoms with Crippen molar-refractivity contribution >= 4 is 22.8 Å². The molecule has 7 nitrogen and oxygen atoms in total. The highest BCUT2D eigenvalue weighted by molar-refractivity contribution is 5.88. The molecule has 1 aromatic heterocycles. The van der Waals surface area contributed by atoms with E-state index < -0.39 is 24.0 Å². The molecule has 2 N–H and O–H groups in total. The molecule has 1 aliphatic carbocycles. The number of amides is 1. The number of nitrogens with one attached hydrogen (secondary N) is 1. The Hall–Kier alpha value is -2.83. The van der Waals surface area contributed by atoms with Gasteiger partial charge in [-0.3, -0.25) is 4.79 Å². The van der Waals surface area contributed by atoms with Crippen LogP contribution in [0.2, 0.25) is 0 Å². The summed E-state index contributed by atoms with van der Waals surface area (Å²) >= 11 is 0. The topological polar surface area (TPSA) is 106 Å². The van der Waals surface area contributed by atoms with Crippen molar-refractivity contribution < 1.29 is 23.8 Å². The van der Waals surface area contributed by atoms with Crippen LogP contribution in [0, 0.1) is 6.92 Å². The van der Waals surface area contributed by atoms with Gasteiger partial charge in [0.05, 0.1) is 0 Å². The third kappa shape index (κ3) is 3.74. The van der Waals surface area contributed by atoms with E-state index in [-0.39, 0.29) is 5.63 Å². The van der Waals surface area contributed by atoms with Gasteiger partial charge in [0, 0.05) is 16.5 Å². The van der Waals surface area contributed by atoms with Crippen LogP contribution in [-0.2, 0) is 22.4 Å². The van der Waals surface area contributed by atoms with Crippen LogP contribution in [0.1, 0.15) is 49.8 Å². The molecule has 1 aromatic carbocycles. The minimum atomic E-state index is -1.07. The van der Waals surface area contributed by atoms with Crippen LogP contribution in [0.25, 0.3) is 11.0 Å². The minimum Gasteiger partial charge on any atom is -0.480 e. The molecule has 0 saturated heterocycles. The number of benzene rings is 1. The average Bonchev–Trinajstić information content (AvgIpc) is 3.14. The van der Waals surface area contributed by atoms with E-state index in [1.54, 1.807) is 19.9 Å². The number of aliphatic carboxylic acids is 1. The van der Waals surface area contributed by atoms with Crippen molar-refractivity contribution in [3.05, 3.63) is 39.2 Å². The Morgan fingerprint density at radius 2 is 2.00 bits per heavy atom. The Morgan fingerprint density at radius 1 is 1.29 bits per heavy atom.